The molecule has 0 radical (unpaired) electrons. The van der Waals surface area contributed by atoms with E-state index in [4.69, 9.17) is 5.11 Å². The lowest BCUT2D eigenvalue weighted by atomic mass is 9.98. The van der Waals surface area contributed by atoms with Crippen molar-refractivity contribution in [2.45, 2.75) is 52.0 Å². The second-order valence-corrected chi connectivity index (χ2v) is 6.55. The molecule has 0 aromatic carbocycles. The maximum atomic E-state index is 12.0. The van der Waals surface area contributed by atoms with Crippen LogP contribution in [0.25, 0.3) is 0 Å². The highest BCUT2D eigenvalue weighted by Gasteiger charge is 2.20. The predicted molar refractivity (Wildman–Crippen MR) is 74.1 cm³/mol. The molecule has 1 atom stereocenters. The molecule has 18 heavy (non-hydrogen) atoms. The Morgan fingerprint density at radius 3 is 2.72 bits per heavy atom. The Bertz CT molecular complexity index is 396. The molecule has 0 aliphatic carbocycles. The van der Waals surface area contributed by atoms with Gasteiger partial charge in [-0.15, -0.1) is 11.3 Å². The molecule has 1 aromatic rings. The number of carbonyl (C=O) groups is 1. The van der Waals surface area contributed by atoms with Gasteiger partial charge in [0.2, 0.25) is 0 Å². The van der Waals surface area contributed by atoms with Crippen molar-refractivity contribution in [2.75, 3.05) is 6.61 Å². The summed E-state index contributed by atoms with van der Waals surface area (Å²) < 4.78 is 0. The number of aliphatic hydroxyl groups excluding tert-OH is 1. The summed E-state index contributed by atoms with van der Waals surface area (Å²) in [7, 11) is 0. The van der Waals surface area contributed by atoms with Crippen molar-refractivity contribution in [3.05, 3.63) is 16.1 Å². The molecule has 0 fully saturated rings. The van der Waals surface area contributed by atoms with Crippen LogP contribution < -0.4 is 5.32 Å². The lowest BCUT2D eigenvalue weighted by molar-refractivity contribution is 0.0940. The Morgan fingerprint density at radius 1 is 1.56 bits per heavy atom. The molecule has 0 spiro atoms. The van der Waals surface area contributed by atoms with E-state index in [1.54, 1.807) is 6.20 Å². The van der Waals surface area contributed by atoms with E-state index in [-0.39, 0.29) is 24.0 Å². The Kier molecular flexibility index (Phi) is 5.28. The quantitative estimate of drug-likeness (QED) is 0.863. The first-order valence-electron chi connectivity index (χ1n) is 6.22. The molecule has 1 rings (SSSR count). The van der Waals surface area contributed by atoms with E-state index in [0.717, 1.165) is 11.4 Å². The average Bonchev–Trinajstić information content (AvgIpc) is 2.75. The van der Waals surface area contributed by atoms with E-state index >= 15 is 0 Å². The first-order chi connectivity index (χ1) is 8.34. The minimum Gasteiger partial charge on any atom is -0.396 e. The van der Waals surface area contributed by atoms with Crippen LogP contribution in [0, 0.1) is 0 Å². The lowest BCUT2D eigenvalue weighted by Crippen LogP contribution is -2.32. The van der Waals surface area contributed by atoms with E-state index in [9.17, 15) is 4.79 Å². The fourth-order valence-corrected chi connectivity index (χ4v) is 2.37. The van der Waals surface area contributed by atoms with Gasteiger partial charge in [-0.25, -0.2) is 4.98 Å². The van der Waals surface area contributed by atoms with Crippen molar-refractivity contribution >= 4 is 17.2 Å². The lowest BCUT2D eigenvalue weighted by Gasteiger charge is -2.14. The van der Waals surface area contributed by atoms with Crippen LogP contribution in [0.2, 0.25) is 0 Å². The molecule has 0 aliphatic rings. The van der Waals surface area contributed by atoms with Gasteiger partial charge in [-0.3, -0.25) is 4.79 Å². The monoisotopic (exact) mass is 270 g/mol. The maximum Gasteiger partial charge on any atom is 0.263 e. The third-order valence-corrected chi connectivity index (χ3v) is 3.97. The third-order valence-electron chi connectivity index (χ3n) is 2.54. The summed E-state index contributed by atoms with van der Waals surface area (Å²) in [6.07, 6.45) is 3.13. The smallest absolute Gasteiger partial charge is 0.263 e. The Morgan fingerprint density at radius 2 is 2.22 bits per heavy atom. The SMILES string of the molecule is CC(CCCO)NC(=O)c1cnc(C(C)(C)C)s1. The molecular formula is C13H22N2O2S. The zero-order chi connectivity index (χ0) is 13.8. The molecule has 0 aliphatic heterocycles. The molecule has 1 heterocycles. The van der Waals surface area contributed by atoms with Crippen LogP contribution in [-0.4, -0.2) is 28.6 Å². The minimum absolute atomic E-state index is 0.0221. The van der Waals surface area contributed by atoms with Gasteiger partial charge < -0.3 is 10.4 Å². The summed E-state index contributed by atoms with van der Waals surface area (Å²) in [6, 6.07) is 0.0739. The van der Waals surface area contributed by atoms with E-state index in [1.807, 2.05) is 6.92 Å². The largest absolute Gasteiger partial charge is 0.396 e. The molecule has 1 aromatic heterocycles. The molecule has 0 saturated carbocycles. The number of carbonyl (C=O) groups excluding carboxylic acids is 1. The number of aromatic nitrogens is 1. The summed E-state index contributed by atoms with van der Waals surface area (Å²) in [5, 5.41) is 12.6. The van der Waals surface area contributed by atoms with Gasteiger partial charge in [0, 0.05) is 18.1 Å². The summed E-state index contributed by atoms with van der Waals surface area (Å²) in [4.78, 5) is 16.9. The second-order valence-electron chi connectivity index (χ2n) is 5.52. The van der Waals surface area contributed by atoms with Crippen molar-refractivity contribution < 1.29 is 9.90 Å². The highest BCUT2D eigenvalue weighted by atomic mass is 32.1. The van der Waals surface area contributed by atoms with E-state index < -0.39 is 0 Å². The van der Waals surface area contributed by atoms with Gasteiger partial charge in [0.15, 0.2) is 0 Å². The van der Waals surface area contributed by atoms with Crippen molar-refractivity contribution in [2.24, 2.45) is 0 Å². The number of nitrogens with one attached hydrogen (secondary N) is 1. The topological polar surface area (TPSA) is 62.2 Å². The number of nitrogens with zero attached hydrogens (tertiary/aromatic N) is 1. The average molecular weight is 270 g/mol. The van der Waals surface area contributed by atoms with Crippen molar-refractivity contribution in [3.8, 4) is 0 Å². The zero-order valence-corrected chi connectivity index (χ0v) is 12.3. The molecule has 0 saturated heterocycles. The van der Waals surface area contributed by atoms with Gasteiger partial charge >= 0.3 is 0 Å². The molecule has 2 N–H and O–H groups in total. The zero-order valence-electron chi connectivity index (χ0n) is 11.5. The molecule has 102 valence electrons. The second kappa shape index (κ2) is 6.29. The third kappa shape index (κ3) is 4.38. The normalized spacial score (nSPS) is 13.4. The summed E-state index contributed by atoms with van der Waals surface area (Å²) in [6.45, 7) is 8.35. The highest BCUT2D eigenvalue weighted by molar-refractivity contribution is 7.13. The van der Waals surface area contributed by atoms with Crippen LogP contribution in [0.15, 0.2) is 6.20 Å². The molecular weight excluding hydrogens is 248 g/mol. The van der Waals surface area contributed by atoms with Gasteiger partial charge in [0.1, 0.15) is 4.88 Å². The van der Waals surface area contributed by atoms with E-state index in [1.165, 1.54) is 11.3 Å². The van der Waals surface area contributed by atoms with Crippen LogP contribution in [0.4, 0.5) is 0 Å². The van der Waals surface area contributed by atoms with Crippen molar-refractivity contribution in [1.29, 1.82) is 0 Å². The van der Waals surface area contributed by atoms with Crippen molar-refractivity contribution in [3.63, 3.8) is 0 Å². The standard InChI is InChI=1S/C13H22N2O2S/c1-9(6-5-7-16)15-11(17)10-8-14-12(18-10)13(2,3)4/h8-9,16H,5-7H2,1-4H3,(H,15,17). The van der Waals surface area contributed by atoms with Gasteiger partial charge in [-0.2, -0.15) is 0 Å². The van der Waals surface area contributed by atoms with Crippen molar-refractivity contribution in [1.82, 2.24) is 10.3 Å². The first kappa shape index (κ1) is 15.1. The van der Waals surface area contributed by atoms with Crippen LogP contribution in [-0.2, 0) is 5.41 Å². The van der Waals surface area contributed by atoms with Crippen LogP contribution in [0.1, 0.15) is 55.2 Å². The predicted octanol–water partition coefficient (Wildman–Crippen LogP) is 2.33. The number of rotatable bonds is 5. The Hall–Kier alpha value is -0.940. The fraction of sp³-hybridized carbons (Fsp3) is 0.692. The number of aliphatic hydroxyl groups is 1. The number of thiazole rings is 1. The summed E-state index contributed by atoms with van der Waals surface area (Å²) >= 11 is 1.44. The van der Waals surface area contributed by atoms with Crippen LogP contribution in [0.3, 0.4) is 0 Å². The molecule has 5 heteroatoms. The number of hydrogen-bond donors (Lipinski definition) is 2. The number of hydrogen-bond acceptors (Lipinski definition) is 4. The first-order valence-corrected chi connectivity index (χ1v) is 7.04. The summed E-state index contributed by atoms with van der Waals surface area (Å²) in [5.74, 6) is -0.0755. The highest BCUT2D eigenvalue weighted by Crippen LogP contribution is 2.26. The number of amides is 1. The van der Waals surface area contributed by atoms with Gasteiger partial charge in [-0.05, 0) is 19.8 Å². The van der Waals surface area contributed by atoms with Gasteiger partial charge in [0.25, 0.3) is 5.91 Å². The van der Waals surface area contributed by atoms with E-state index in [0.29, 0.717) is 11.3 Å². The Balaban J connectivity index is 2.59. The van der Waals surface area contributed by atoms with Crippen LogP contribution in [0.5, 0.6) is 0 Å². The van der Waals surface area contributed by atoms with Gasteiger partial charge in [0.05, 0.1) is 11.2 Å². The molecule has 1 unspecified atom stereocenters. The van der Waals surface area contributed by atoms with E-state index in [2.05, 4.69) is 31.1 Å². The fourth-order valence-electron chi connectivity index (χ4n) is 1.49. The maximum absolute atomic E-state index is 12.0. The summed E-state index contributed by atoms with van der Waals surface area (Å²) in [5.41, 5.74) is -0.0221. The van der Waals surface area contributed by atoms with Gasteiger partial charge in [-0.1, -0.05) is 20.8 Å². The molecule has 4 nitrogen and oxygen atoms in total. The minimum atomic E-state index is -0.0755. The van der Waals surface area contributed by atoms with Crippen LogP contribution >= 0.6 is 11.3 Å². The Labute approximate surface area is 112 Å². The molecule has 0 bridgehead atoms. The molecule has 1 amide bonds.